The Bertz CT molecular complexity index is 464. The molecule has 18 heavy (non-hydrogen) atoms. The fourth-order valence-corrected chi connectivity index (χ4v) is 1.99. The van der Waals surface area contributed by atoms with Crippen LogP contribution in [0.25, 0.3) is 0 Å². The fourth-order valence-electron chi connectivity index (χ4n) is 1.99. The molecule has 2 aromatic rings. The summed E-state index contributed by atoms with van der Waals surface area (Å²) in [6.07, 6.45) is 4.80. The van der Waals surface area contributed by atoms with Crippen molar-refractivity contribution >= 4 is 11.6 Å². The number of anilines is 2. The molecule has 0 aliphatic rings. The van der Waals surface area contributed by atoms with Crippen LogP contribution in [0.2, 0.25) is 0 Å². The molecule has 1 heterocycles. The zero-order chi connectivity index (χ0) is 12.8. The molecule has 0 aliphatic carbocycles. The maximum Gasteiger partial charge on any atom is 0.209 e. The molecule has 0 amide bonds. The van der Waals surface area contributed by atoms with E-state index in [1.165, 1.54) is 0 Å². The van der Waals surface area contributed by atoms with Crippen LogP contribution in [0.5, 0.6) is 0 Å². The quantitative estimate of drug-likeness (QED) is 0.848. The summed E-state index contributed by atoms with van der Waals surface area (Å²) in [5.41, 5.74) is 6.78. The first-order valence-corrected chi connectivity index (χ1v) is 6.40. The molecule has 0 saturated heterocycles. The minimum atomic E-state index is 0.691. The molecule has 0 aliphatic heterocycles. The topological polar surface area (TPSA) is 47.1 Å². The highest BCUT2D eigenvalue weighted by atomic mass is 15.3. The average Bonchev–Trinajstić information content (AvgIpc) is 2.89. The Morgan fingerprint density at radius 2 is 2.06 bits per heavy atom. The third kappa shape index (κ3) is 2.71. The largest absolute Gasteiger partial charge is 0.330 e. The van der Waals surface area contributed by atoms with Gasteiger partial charge in [-0.25, -0.2) is 4.98 Å². The summed E-state index contributed by atoms with van der Waals surface area (Å²) >= 11 is 0. The lowest BCUT2D eigenvalue weighted by Gasteiger charge is -2.24. The van der Waals surface area contributed by atoms with Gasteiger partial charge in [0.15, 0.2) is 0 Å². The van der Waals surface area contributed by atoms with Gasteiger partial charge in [0, 0.05) is 31.2 Å². The fraction of sp³-hybridized carbons (Fsp3) is 0.357. The van der Waals surface area contributed by atoms with E-state index in [1.807, 2.05) is 30.6 Å². The van der Waals surface area contributed by atoms with Gasteiger partial charge in [0.25, 0.3) is 0 Å². The van der Waals surface area contributed by atoms with Crippen LogP contribution in [-0.4, -0.2) is 22.6 Å². The zero-order valence-electron chi connectivity index (χ0n) is 10.8. The van der Waals surface area contributed by atoms with Crippen LogP contribution in [0.3, 0.4) is 0 Å². The first-order chi connectivity index (χ1) is 8.86. The molecule has 0 radical (unpaired) electrons. The number of imidazole rings is 1. The Hall–Kier alpha value is -1.81. The minimum Gasteiger partial charge on any atom is -0.330 e. The van der Waals surface area contributed by atoms with Crippen LogP contribution in [0, 0.1) is 0 Å². The highest BCUT2D eigenvalue weighted by Gasteiger charge is 2.13. The van der Waals surface area contributed by atoms with Gasteiger partial charge in [0.05, 0.1) is 0 Å². The Morgan fingerprint density at radius 3 is 2.72 bits per heavy atom. The number of hydrogen-bond donors (Lipinski definition) is 1. The number of nitrogens with zero attached hydrogens (tertiary/aromatic N) is 3. The maximum atomic E-state index is 5.62. The summed E-state index contributed by atoms with van der Waals surface area (Å²) < 4.78 is 2.14. The van der Waals surface area contributed by atoms with E-state index >= 15 is 0 Å². The van der Waals surface area contributed by atoms with Crippen LogP contribution in [0.15, 0.2) is 42.7 Å². The summed E-state index contributed by atoms with van der Waals surface area (Å²) in [5, 5.41) is 0. The second-order valence-electron chi connectivity index (χ2n) is 4.14. The first kappa shape index (κ1) is 12.6. The molecule has 1 aromatic heterocycles. The van der Waals surface area contributed by atoms with Crippen molar-refractivity contribution in [3.8, 4) is 0 Å². The number of aromatic nitrogens is 2. The summed E-state index contributed by atoms with van der Waals surface area (Å²) in [6.45, 7) is 4.62. The van der Waals surface area contributed by atoms with Gasteiger partial charge in [-0.05, 0) is 32.0 Å². The third-order valence-corrected chi connectivity index (χ3v) is 2.93. The van der Waals surface area contributed by atoms with Crippen LogP contribution in [0.4, 0.5) is 11.6 Å². The van der Waals surface area contributed by atoms with Gasteiger partial charge in [0.2, 0.25) is 5.95 Å². The third-order valence-electron chi connectivity index (χ3n) is 2.93. The van der Waals surface area contributed by atoms with Gasteiger partial charge in [-0.3, -0.25) is 0 Å². The van der Waals surface area contributed by atoms with E-state index in [0.717, 1.165) is 31.1 Å². The molecule has 96 valence electrons. The normalized spacial score (nSPS) is 10.6. The van der Waals surface area contributed by atoms with Crippen molar-refractivity contribution in [3.05, 3.63) is 42.7 Å². The van der Waals surface area contributed by atoms with Crippen LogP contribution >= 0.6 is 0 Å². The molecule has 0 bridgehead atoms. The SMILES string of the molecule is CCn1ccnc1N(CCCN)c1ccccc1. The molecular weight excluding hydrogens is 224 g/mol. The lowest BCUT2D eigenvalue weighted by atomic mass is 10.3. The van der Waals surface area contributed by atoms with Crippen LogP contribution in [-0.2, 0) is 6.54 Å². The lowest BCUT2D eigenvalue weighted by molar-refractivity contribution is 0.722. The van der Waals surface area contributed by atoms with Gasteiger partial charge in [-0.15, -0.1) is 0 Å². The van der Waals surface area contributed by atoms with Gasteiger partial charge in [-0.2, -0.15) is 0 Å². The highest BCUT2D eigenvalue weighted by molar-refractivity contribution is 5.57. The van der Waals surface area contributed by atoms with E-state index < -0.39 is 0 Å². The van der Waals surface area contributed by atoms with Crippen molar-refractivity contribution in [3.63, 3.8) is 0 Å². The number of aryl methyl sites for hydroxylation is 1. The second-order valence-corrected chi connectivity index (χ2v) is 4.14. The van der Waals surface area contributed by atoms with Crippen molar-refractivity contribution in [1.82, 2.24) is 9.55 Å². The molecule has 2 rings (SSSR count). The molecule has 2 N–H and O–H groups in total. The standard InChI is InChI=1S/C14H20N4/c1-2-17-12-10-16-14(17)18(11-6-9-15)13-7-4-3-5-8-13/h3-5,7-8,10,12H,2,6,9,11,15H2,1H3. The molecule has 0 unspecified atom stereocenters. The lowest BCUT2D eigenvalue weighted by Crippen LogP contribution is -2.24. The van der Waals surface area contributed by atoms with Gasteiger partial charge >= 0.3 is 0 Å². The summed E-state index contributed by atoms with van der Waals surface area (Å²) in [6, 6.07) is 10.3. The van der Waals surface area contributed by atoms with Crippen molar-refractivity contribution in [2.75, 3.05) is 18.0 Å². The molecule has 4 nitrogen and oxygen atoms in total. The second kappa shape index (κ2) is 6.21. The number of para-hydroxylation sites is 1. The predicted octanol–water partition coefficient (Wildman–Crippen LogP) is 2.39. The van der Waals surface area contributed by atoms with E-state index in [4.69, 9.17) is 5.73 Å². The first-order valence-electron chi connectivity index (χ1n) is 6.40. The highest BCUT2D eigenvalue weighted by Crippen LogP contribution is 2.23. The van der Waals surface area contributed by atoms with Crippen LogP contribution < -0.4 is 10.6 Å². The summed E-state index contributed by atoms with van der Waals surface area (Å²) in [4.78, 5) is 6.68. The van der Waals surface area contributed by atoms with Gasteiger partial charge in [-0.1, -0.05) is 18.2 Å². The van der Waals surface area contributed by atoms with Crippen molar-refractivity contribution < 1.29 is 0 Å². The van der Waals surface area contributed by atoms with E-state index in [1.54, 1.807) is 0 Å². The molecule has 4 heteroatoms. The number of nitrogens with two attached hydrogens (primary N) is 1. The van der Waals surface area contributed by atoms with Crippen molar-refractivity contribution in [2.24, 2.45) is 5.73 Å². The van der Waals surface area contributed by atoms with E-state index in [-0.39, 0.29) is 0 Å². The maximum absolute atomic E-state index is 5.62. The minimum absolute atomic E-state index is 0.691. The summed E-state index contributed by atoms with van der Waals surface area (Å²) in [5.74, 6) is 0.983. The Balaban J connectivity index is 2.31. The Labute approximate surface area is 108 Å². The molecule has 0 spiro atoms. The van der Waals surface area contributed by atoms with Gasteiger partial charge in [0.1, 0.15) is 0 Å². The van der Waals surface area contributed by atoms with E-state index in [0.29, 0.717) is 6.54 Å². The summed E-state index contributed by atoms with van der Waals surface area (Å²) in [7, 11) is 0. The smallest absolute Gasteiger partial charge is 0.209 e. The molecule has 1 aromatic carbocycles. The molecule has 0 fully saturated rings. The average molecular weight is 244 g/mol. The molecule has 0 atom stereocenters. The van der Waals surface area contributed by atoms with Crippen molar-refractivity contribution in [2.45, 2.75) is 19.9 Å². The molecule has 0 saturated carbocycles. The van der Waals surface area contributed by atoms with E-state index in [2.05, 4.69) is 33.5 Å². The molecular formula is C14H20N4. The van der Waals surface area contributed by atoms with Crippen LogP contribution in [0.1, 0.15) is 13.3 Å². The number of rotatable bonds is 6. The Kier molecular flexibility index (Phi) is 4.36. The predicted molar refractivity (Wildman–Crippen MR) is 75.0 cm³/mol. The Morgan fingerprint density at radius 1 is 1.28 bits per heavy atom. The number of hydrogen-bond acceptors (Lipinski definition) is 3. The van der Waals surface area contributed by atoms with Gasteiger partial charge < -0.3 is 15.2 Å². The monoisotopic (exact) mass is 244 g/mol. The zero-order valence-corrected chi connectivity index (χ0v) is 10.8. The van der Waals surface area contributed by atoms with E-state index in [9.17, 15) is 0 Å². The van der Waals surface area contributed by atoms with Crippen molar-refractivity contribution in [1.29, 1.82) is 0 Å². The number of benzene rings is 1.